The third kappa shape index (κ3) is 3.36. The van der Waals surface area contributed by atoms with Crippen molar-refractivity contribution in [2.24, 2.45) is 5.92 Å². The van der Waals surface area contributed by atoms with Crippen LogP contribution in [0, 0.1) is 5.92 Å². The van der Waals surface area contributed by atoms with Gasteiger partial charge in [0.25, 0.3) is 0 Å². The molecule has 1 aliphatic heterocycles. The third-order valence-electron chi connectivity index (χ3n) is 4.88. The number of thioether (sulfide) groups is 1. The van der Waals surface area contributed by atoms with Gasteiger partial charge in [-0.3, -0.25) is 4.79 Å². The number of ketones is 1. The van der Waals surface area contributed by atoms with Crippen molar-refractivity contribution in [2.75, 3.05) is 17.7 Å². The normalized spacial score (nSPS) is 21.5. The monoisotopic (exact) mass is 384 g/mol. The molecule has 2 aliphatic rings. The van der Waals surface area contributed by atoms with Crippen LogP contribution in [0.1, 0.15) is 45.2 Å². The second-order valence-corrected chi connectivity index (χ2v) is 8.19. The third-order valence-corrected chi connectivity index (χ3v) is 5.60. The molecule has 0 radical (unpaired) electrons. The zero-order chi connectivity index (χ0) is 19.0. The van der Waals surface area contributed by atoms with Crippen LogP contribution in [-0.4, -0.2) is 32.9 Å². The van der Waals surface area contributed by atoms with E-state index in [1.54, 1.807) is 11.8 Å². The molecule has 142 valence electrons. The number of allylic oxidation sites excluding steroid dienone is 2. The molecule has 1 aromatic carbocycles. The Balaban J connectivity index is 1.81. The number of hydrogen-bond acceptors (Lipinski definition) is 6. The van der Waals surface area contributed by atoms with E-state index >= 15 is 0 Å². The number of benzene rings is 1. The van der Waals surface area contributed by atoms with Crippen LogP contribution in [0.25, 0.3) is 0 Å². The Bertz CT molecular complexity index is 888. The lowest BCUT2D eigenvalue weighted by Crippen LogP contribution is -2.33. The number of ether oxygens (including phenoxy) is 1. The Kier molecular flexibility index (Phi) is 4.95. The molecule has 0 spiro atoms. The highest BCUT2D eigenvalue weighted by atomic mass is 32.2. The molecule has 4 rings (SSSR count). The molecule has 0 bridgehead atoms. The van der Waals surface area contributed by atoms with E-state index in [0.29, 0.717) is 24.9 Å². The average molecular weight is 385 g/mol. The molecule has 1 aromatic heterocycles. The molecule has 2 heterocycles. The van der Waals surface area contributed by atoms with Gasteiger partial charge < -0.3 is 10.1 Å². The molecule has 1 N–H and O–H groups in total. The lowest BCUT2D eigenvalue weighted by atomic mass is 9.81. The summed E-state index contributed by atoms with van der Waals surface area (Å²) in [5.74, 6) is 2.98. The number of anilines is 1. The number of carbonyl (C=O) groups is 1. The van der Waals surface area contributed by atoms with Gasteiger partial charge in [0.15, 0.2) is 5.78 Å². The average Bonchev–Trinajstić information content (AvgIpc) is 3.03. The fourth-order valence-corrected chi connectivity index (χ4v) is 4.35. The summed E-state index contributed by atoms with van der Waals surface area (Å²) in [6, 6.07) is 7.71. The molecular formula is C20H24N4O2S. The minimum Gasteiger partial charge on any atom is -0.494 e. The molecule has 1 aliphatic carbocycles. The smallest absolute Gasteiger partial charge is 0.227 e. The van der Waals surface area contributed by atoms with E-state index in [4.69, 9.17) is 4.74 Å². The number of nitrogens with one attached hydrogen (secondary N) is 1. The molecule has 0 saturated carbocycles. The maximum atomic E-state index is 12.9. The lowest BCUT2D eigenvalue weighted by Gasteiger charge is -2.34. The SMILES string of the molecule is CCOc1ccc([C@H]2C3=C(C[C@H](C)CC3=O)Nc3nc(SCC)nn32)cc1. The Labute approximate surface area is 163 Å². The van der Waals surface area contributed by atoms with Gasteiger partial charge in [-0.05, 0) is 42.7 Å². The van der Waals surface area contributed by atoms with Crippen LogP contribution in [0.5, 0.6) is 5.75 Å². The minimum absolute atomic E-state index is 0.195. The van der Waals surface area contributed by atoms with Crippen molar-refractivity contribution in [2.45, 2.75) is 44.8 Å². The van der Waals surface area contributed by atoms with Gasteiger partial charge in [-0.15, -0.1) is 5.10 Å². The van der Waals surface area contributed by atoms with E-state index in [9.17, 15) is 4.79 Å². The highest BCUT2D eigenvalue weighted by Crippen LogP contribution is 2.42. The van der Waals surface area contributed by atoms with Crippen LogP contribution < -0.4 is 10.1 Å². The van der Waals surface area contributed by atoms with Gasteiger partial charge in [0, 0.05) is 17.7 Å². The zero-order valence-corrected chi connectivity index (χ0v) is 16.7. The first-order valence-corrected chi connectivity index (χ1v) is 10.4. The molecule has 0 fully saturated rings. The standard InChI is InChI=1S/C20H24N4O2S/c1-4-26-14-8-6-13(7-9-14)18-17-15(10-12(3)11-16(17)25)21-19-22-20(27-5-2)23-24(18)19/h6-9,12,18H,4-5,10-11H2,1-3H3,(H,21,22,23)/t12-,18-/m0/s1. The summed E-state index contributed by atoms with van der Waals surface area (Å²) in [5.41, 5.74) is 2.84. The van der Waals surface area contributed by atoms with E-state index in [1.807, 2.05) is 35.9 Å². The van der Waals surface area contributed by atoms with Gasteiger partial charge in [0.05, 0.1) is 6.61 Å². The van der Waals surface area contributed by atoms with Crippen molar-refractivity contribution in [3.8, 4) is 5.75 Å². The molecule has 0 unspecified atom stereocenters. The van der Waals surface area contributed by atoms with Crippen LogP contribution in [0.4, 0.5) is 5.95 Å². The number of Topliss-reactive ketones (excluding diaryl/α,β-unsaturated/α-hetero) is 1. The van der Waals surface area contributed by atoms with Crippen LogP contribution in [0.2, 0.25) is 0 Å². The number of hydrogen-bond donors (Lipinski definition) is 1. The molecule has 2 atom stereocenters. The Morgan fingerprint density at radius 1 is 1.26 bits per heavy atom. The van der Waals surface area contributed by atoms with E-state index in [1.165, 1.54) is 0 Å². The maximum absolute atomic E-state index is 12.9. The second kappa shape index (κ2) is 7.38. The summed E-state index contributed by atoms with van der Waals surface area (Å²) in [4.78, 5) is 17.6. The number of carbonyl (C=O) groups excluding carboxylic acids is 1. The summed E-state index contributed by atoms with van der Waals surface area (Å²) in [6.45, 7) is 6.79. The fraction of sp³-hybridized carbons (Fsp3) is 0.450. The first-order chi connectivity index (χ1) is 13.1. The van der Waals surface area contributed by atoms with Crippen molar-refractivity contribution < 1.29 is 9.53 Å². The summed E-state index contributed by atoms with van der Waals surface area (Å²) < 4.78 is 7.43. The number of nitrogens with zero attached hydrogens (tertiary/aromatic N) is 3. The van der Waals surface area contributed by atoms with Crippen molar-refractivity contribution in [3.05, 3.63) is 41.1 Å². The second-order valence-electron chi connectivity index (χ2n) is 6.95. The largest absolute Gasteiger partial charge is 0.494 e. The fourth-order valence-electron chi connectivity index (χ4n) is 3.80. The summed E-state index contributed by atoms with van der Waals surface area (Å²) in [5, 5.41) is 8.80. The number of fused-ring (bicyclic) bond motifs is 1. The van der Waals surface area contributed by atoms with Crippen LogP contribution in [0.3, 0.4) is 0 Å². The zero-order valence-electron chi connectivity index (χ0n) is 15.9. The van der Waals surface area contributed by atoms with Crippen molar-refractivity contribution in [1.29, 1.82) is 0 Å². The van der Waals surface area contributed by atoms with Crippen LogP contribution in [-0.2, 0) is 4.79 Å². The van der Waals surface area contributed by atoms with E-state index in [2.05, 4.69) is 29.2 Å². The first-order valence-electron chi connectivity index (χ1n) is 9.46. The quantitative estimate of drug-likeness (QED) is 0.784. The van der Waals surface area contributed by atoms with Crippen LogP contribution in [0.15, 0.2) is 40.7 Å². The highest BCUT2D eigenvalue weighted by Gasteiger charge is 2.38. The van der Waals surface area contributed by atoms with Crippen LogP contribution >= 0.6 is 11.8 Å². The van der Waals surface area contributed by atoms with E-state index < -0.39 is 0 Å². The predicted octanol–water partition coefficient (Wildman–Crippen LogP) is 4.06. The van der Waals surface area contributed by atoms with Gasteiger partial charge in [0.2, 0.25) is 11.1 Å². The van der Waals surface area contributed by atoms with Gasteiger partial charge in [-0.25, -0.2) is 4.68 Å². The van der Waals surface area contributed by atoms with Gasteiger partial charge in [-0.1, -0.05) is 37.7 Å². The van der Waals surface area contributed by atoms with Gasteiger partial charge >= 0.3 is 0 Å². The summed E-state index contributed by atoms with van der Waals surface area (Å²) >= 11 is 1.60. The summed E-state index contributed by atoms with van der Waals surface area (Å²) in [7, 11) is 0. The Hall–Kier alpha value is -2.28. The van der Waals surface area contributed by atoms with Gasteiger partial charge in [-0.2, -0.15) is 4.98 Å². The molecule has 6 nitrogen and oxygen atoms in total. The van der Waals surface area contributed by atoms with Crippen molar-refractivity contribution in [3.63, 3.8) is 0 Å². The predicted molar refractivity (Wildman–Crippen MR) is 106 cm³/mol. The maximum Gasteiger partial charge on any atom is 0.227 e. The lowest BCUT2D eigenvalue weighted by molar-refractivity contribution is -0.117. The summed E-state index contributed by atoms with van der Waals surface area (Å²) in [6.07, 6.45) is 1.44. The molecule has 27 heavy (non-hydrogen) atoms. The molecule has 2 aromatic rings. The number of rotatable bonds is 5. The van der Waals surface area contributed by atoms with Gasteiger partial charge in [0.1, 0.15) is 11.8 Å². The minimum atomic E-state index is -0.245. The molecule has 0 amide bonds. The van der Waals surface area contributed by atoms with E-state index in [0.717, 1.165) is 39.9 Å². The number of aromatic nitrogens is 3. The topological polar surface area (TPSA) is 69.0 Å². The Morgan fingerprint density at radius 2 is 2.04 bits per heavy atom. The molecule has 0 saturated heterocycles. The molecular weight excluding hydrogens is 360 g/mol. The van der Waals surface area contributed by atoms with E-state index in [-0.39, 0.29) is 11.8 Å². The van der Waals surface area contributed by atoms with Crippen molar-refractivity contribution >= 4 is 23.5 Å². The van der Waals surface area contributed by atoms with Crippen molar-refractivity contribution in [1.82, 2.24) is 14.8 Å². The highest BCUT2D eigenvalue weighted by molar-refractivity contribution is 7.99. The Morgan fingerprint density at radius 3 is 2.74 bits per heavy atom. The first kappa shape index (κ1) is 18.1. The molecule has 7 heteroatoms.